The summed E-state index contributed by atoms with van der Waals surface area (Å²) in [6, 6.07) is -1.71. The van der Waals surface area contributed by atoms with E-state index in [0.717, 1.165) is 0 Å². The van der Waals surface area contributed by atoms with E-state index in [4.69, 9.17) is 10.8 Å². The molecule has 0 aromatic carbocycles. The van der Waals surface area contributed by atoms with E-state index in [-0.39, 0.29) is 12.8 Å². The smallest absolute Gasteiger partial charge is 0.326 e. The van der Waals surface area contributed by atoms with Crippen LogP contribution < -0.4 is 16.4 Å². The lowest BCUT2D eigenvalue weighted by Gasteiger charge is -2.22. The minimum Gasteiger partial charge on any atom is -0.480 e. The van der Waals surface area contributed by atoms with Crippen LogP contribution in [0.1, 0.15) is 33.6 Å². The van der Waals surface area contributed by atoms with Gasteiger partial charge in [0.1, 0.15) is 6.04 Å². The Kier molecular flexibility index (Phi) is 5.43. The predicted molar refractivity (Wildman–Crippen MR) is 61.3 cm³/mol. The molecule has 3 amide bonds. The van der Waals surface area contributed by atoms with Crippen molar-refractivity contribution < 1.29 is 19.5 Å². The zero-order valence-corrected chi connectivity index (χ0v) is 10.2. The van der Waals surface area contributed by atoms with Crippen LogP contribution in [0.3, 0.4) is 0 Å². The Bertz CT molecular complexity index is 309. The van der Waals surface area contributed by atoms with Gasteiger partial charge in [-0.15, -0.1) is 0 Å². The second-order valence-electron chi connectivity index (χ2n) is 4.74. The molecule has 0 aliphatic heterocycles. The number of carbonyl (C=O) groups excluding carboxylic acids is 2. The summed E-state index contributed by atoms with van der Waals surface area (Å²) in [6.07, 6.45) is -0.116. The minimum atomic E-state index is -1.20. The van der Waals surface area contributed by atoms with Gasteiger partial charge in [0, 0.05) is 12.0 Å². The monoisotopic (exact) mass is 245 g/mol. The van der Waals surface area contributed by atoms with Gasteiger partial charge in [0.15, 0.2) is 0 Å². The topological polar surface area (TPSA) is 122 Å². The quantitative estimate of drug-likeness (QED) is 0.536. The van der Waals surface area contributed by atoms with E-state index >= 15 is 0 Å². The summed E-state index contributed by atoms with van der Waals surface area (Å²) in [5, 5.41) is 13.7. The highest BCUT2D eigenvalue weighted by molar-refractivity contribution is 5.83. The maximum absolute atomic E-state index is 11.4. The molecule has 0 aromatic heterocycles. The molecule has 0 fully saturated rings. The number of rotatable bonds is 5. The number of aliphatic carboxylic acids is 1. The highest BCUT2D eigenvalue weighted by Gasteiger charge is 2.22. The van der Waals surface area contributed by atoms with Crippen LogP contribution in [0.2, 0.25) is 0 Å². The Labute approximate surface area is 99.7 Å². The molecule has 0 aliphatic rings. The van der Waals surface area contributed by atoms with Crippen molar-refractivity contribution in [2.45, 2.75) is 45.2 Å². The molecule has 1 atom stereocenters. The van der Waals surface area contributed by atoms with Crippen molar-refractivity contribution in [3.05, 3.63) is 0 Å². The SMILES string of the molecule is CC(C)(C)NC(=O)NC(CCC(N)=O)C(=O)O. The maximum Gasteiger partial charge on any atom is 0.326 e. The molecule has 0 heterocycles. The van der Waals surface area contributed by atoms with Crippen LogP contribution in [0.15, 0.2) is 0 Å². The molecule has 7 nitrogen and oxygen atoms in total. The van der Waals surface area contributed by atoms with Crippen molar-refractivity contribution in [3.8, 4) is 0 Å². The van der Waals surface area contributed by atoms with E-state index in [1.54, 1.807) is 20.8 Å². The van der Waals surface area contributed by atoms with Gasteiger partial charge in [-0.2, -0.15) is 0 Å². The van der Waals surface area contributed by atoms with Gasteiger partial charge in [0.05, 0.1) is 0 Å². The summed E-state index contributed by atoms with van der Waals surface area (Å²) >= 11 is 0. The standard InChI is InChI=1S/C10H19N3O4/c1-10(2,3)13-9(17)12-6(8(15)16)4-5-7(11)14/h6H,4-5H2,1-3H3,(H2,11,14)(H,15,16)(H2,12,13,17). The van der Waals surface area contributed by atoms with Crippen LogP contribution in [0, 0.1) is 0 Å². The first-order valence-electron chi connectivity index (χ1n) is 5.21. The van der Waals surface area contributed by atoms with Gasteiger partial charge in [-0.25, -0.2) is 9.59 Å². The maximum atomic E-state index is 11.4. The first kappa shape index (κ1) is 15.2. The molecule has 7 heteroatoms. The molecule has 0 rings (SSSR count). The Balaban J connectivity index is 4.30. The average molecular weight is 245 g/mol. The number of carbonyl (C=O) groups is 3. The predicted octanol–water partition coefficient (Wildman–Crippen LogP) is -0.197. The van der Waals surface area contributed by atoms with E-state index in [2.05, 4.69) is 10.6 Å². The number of carboxylic acids is 1. The van der Waals surface area contributed by atoms with Crippen LogP contribution in [0.4, 0.5) is 4.79 Å². The fraction of sp³-hybridized carbons (Fsp3) is 0.700. The normalized spacial score (nSPS) is 12.6. The Hall–Kier alpha value is -1.79. The van der Waals surface area contributed by atoms with E-state index in [9.17, 15) is 14.4 Å². The number of hydrogen-bond acceptors (Lipinski definition) is 3. The van der Waals surface area contributed by atoms with Crippen LogP contribution in [0.25, 0.3) is 0 Å². The van der Waals surface area contributed by atoms with Crippen LogP contribution in [-0.2, 0) is 9.59 Å². The lowest BCUT2D eigenvalue weighted by atomic mass is 10.1. The molecule has 0 aliphatic carbocycles. The summed E-state index contributed by atoms with van der Waals surface area (Å²) in [5.74, 6) is -1.80. The van der Waals surface area contributed by atoms with Gasteiger partial charge >= 0.3 is 12.0 Å². The number of urea groups is 1. The van der Waals surface area contributed by atoms with E-state index < -0.39 is 29.5 Å². The highest BCUT2D eigenvalue weighted by Crippen LogP contribution is 2.00. The number of hydrogen-bond donors (Lipinski definition) is 4. The molecule has 1 unspecified atom stereocenters. The molecule has 98 valence electrons. The van der Waals surface area contributed by atoms with Crippen molar-refractivity contribution in [3.63, 3.8) is 0 Å². The first-order valence-corrected chi connectivity index (χ1v) is 5.21. The van der Waals surface area contributed by atoms with Gasteiger partial charge < -0.3 is 21.5 Å². The van der Waals surface area contributed by atoms with Crippen molar-refractivity contribution >= 4 is 17.9 Å². The Morgan fingerprint density at radius 2 is 1.82 bits per heavy atom. The zero-order valence-electron chi connectivity index (χ0n) is 10.2. The molecule has 5 N–H and O–H groups in total. The third-order valence-electron chi connectivity index (χ3n) is 1.77. The molecule has 0 aromatic rings. The van der Waals surface area contributed by atoms with Crippen molar-refractivity contribution in [2.75, 3.05) is 0 Å². The van der Waals surface area contributed by atoms with Crippen LogP contribution in [0.5, 0.6) is 0 Å². The van der Waals surface area contributed by atoms with E-state index in [0.29, 0.717) is 0 Å². The molecular formula is C10H19N3O4. The van der Waals surface area contributed by atoms with Gasteiger partial charge in [-0.1, -0.05) is 0 Å². The number of amides is 3. The summed E-state index contributed by atoms with van der Waals surface area (Å²) in [6.45, 7) is 5.31. The van der Waals surface area contributed by atoms with Crippen LogP contribution in [-0.4, -0.2) is 34.6 Å². The van der Waals surface area contributed by atoms with E-state index in [1.807, 2.05) is 0 Å². The Morgan fingerprint density at radius 3 is 2.18 bits per heavy atom. The number of carboxylic acid groups (broad SMARTS) is 1. The summed E-state index contributed by atoms with van der Waals surface area (Å²) < 4.78 is 0. The fourth-order valence-electron chi connectivity index (χ4n) is 1.08. The average Bonchev–Trinajstić information content (AvgIpc) is 2.08. The van der Waals surface area contributed by atoms with Gasteiger partial charge in [0.2, 0.25) is 5.91 Å². The van der Waals surface area contributed by atoms with Gasteiger partial charge in [-0.3, -0.25) is 4.79 Å². The molecule has 0 bridgehead atoms. The largest absolute Gasteiger partial charge is 0.480 e. The Morgan fingerprint density at radius 1 is 1.29 bits per heavy atom. The zero-order chi connectivity index (χ0) is 13.6. The van der Waals surface area contributed by atoms with Crippen molar-refractivity contribution in [1.29, 1.82) is 0 Å². The number of nitrogens with two attached hydrogens (primary N) is 1. The molecule has 0 radical (unpaired) electrons. The summed E-state index contributed by atoms with van der Waals surface area (Å²) in [7, 11) is 0. The minimum absolute atomic E-state index is 0.0256. The van der Waals surface area contributed by atoms with Crippen LogP contribution >= 0.6 is 0 Å². The third-order valence-corrected chi connectivity index (χ3v) is 1.77. The summed E-state index contributed by atoms with van der Waals surface area (Å²) in [5.41, 5.74) is 4.45. The number of nitrogens with one attached hydrogen (secondary N) is 2. The van der Waals surface area contributed by atoms with E-state index in [1.165, 1.54) is 0 Å². The van der Waals surface area contributed by atoms with Crippen molar-refractivity contribution in [2.24, 2.45) is 5.73 Å². The molecule has 0 saturated heterocycles. The molecule has 17 heavy (non-hydrogen) atoms. The van der Waals surface area contributed by atoms with Gasteiger partial charge in [0.25, 0.3) is 0 Å². The molecule has 0 saturated carbocycles. The molecule has 0 spiro atoms. The molecular weight excluding hydrogens is 226 g/mol. The second kappa shape index (κ2) is 6.07. The lowest BCUT2D eigenvalue weighted by Crippen LogP contribution is -2.51. The van der Waals surface area contributed by atoms with Gasteiger partial charge in [-0.05, 0) is 27.2 Å². The first-order chi connectivity index (χ1) is 7.61. The third kappa shape index (κ3) is 8.06. The lowest BCUT2D eigenvalue weighted by molar-refractivity contribution is -0.139. The number of primary amides is 1. The second-order valence-corrected chi connectivity index (χ2v) is 4.74. The summed E-state index contributed by atoms with van der Waals surface area (Å²) in [4.78, 5) is 32.8. The fourth-order valence-corrected chi connectivity index (χ4v) is 1.08. The highest BCUT2D eigenvalue weighted by atomic mass is 16.4. The van der Waals surface area contributed by atoms with Crippen molar-refractivity contribution in [1.82, 2.24) is 10.6 Å².